The molecule has 5 heteroatoms. The van der Waals surface area contributed by atoms with Crippen LogP contribution in [0.4, 0.5) is 0 Å². The van der Waals surface area contributed by atoms with Gasteiger partial charge < -0.3 is 24.8 Å². The number of hydrogen-bond donors (Lipinski definition) is 3. The Hall–Kier alpha value is -0.720. The van der Waals surface area contributed by atoms with Crippen molar-refractivity contribution >= 4 is 0 Å². The van der Waals surface area contributed by atoms with E-state index in [0.717, 1.165) is 0 Å². The molecule has 0 fully saturated rings. The van der Waals surface area contributed by atoms with E-state index < -0.39 is 12.6 Å². The van der Waals surface area contributed by atoms with Crippen molar-refractivity contribution in [3.63, 3.8) is 0 Å². The van der Waals surface area contributed by atoms with E-state index in [1.165, 1.54) is 12.2 Å². The molecule has 3 N–H and O–H groups in total. The summed E-state index contributed by atoms with van der Waals surface area (Å²) in [4.78, 5) is 0. The van der Waals surface area contributed by atoms with Gasteiger partial charge >= 0.3 is 0 Å². The monoisotopic (exact) mass is 218 g/mol. The minimum absolute atomic E-state index is 0.119. The van der Waals surface area contributed by atoms with Crippen LogP contribution < -0.4 is 0 Å². The average molecular weight is 218 g/mol. The fraction of sp³-hybridized carbons (Fsp3) is 0.600. The van der Waals surface area contributed by atoms with Crippen LogP contribution in [-0.2, 0) is 9.47 Å². The first-order valence-corrected chi connectivity index (χ1v) is 4.59. The van der Waals surface area contributed by atoms with Crippen LogP contribution >= 0.6 is 0 Å². The zero-order chi connectivity index (χ0) is 11.7. The summed E-state index contributed by atoms with van der Waals surface area (Å²) < 4.78 is 9.80. The predicted octanol–water partition coefficient (Wildman–Crippen LogP) is -0.363. The van der Waals surface area contributed by atoms with Gasteiger partial charge in [-0.15, -0.1) is 0 Å². The average Bonchev–Trinajstić information content (AvgIpc) is 2.28. The minimum atomic E-state index is -1.05. The van der Waals surface area contributed by atoms with Crippen LogP contribution in [0.3, 0.4) is 0 Å². The second kappa shape index (κ2) is 8.58. The standard InChI is InChI=1S/C10H18O5/c1-3-9(12)14-6-8(5-11)7-15-10(13)4-2/h3-4,8-13H,1-2,5-7H2. The summed E-state index contributed by atoms with van der Waals surface area (Å²) in [7, 11) is 0. The van der Waals surface area contributed by atoms with Gasteiger partial charge in [0.2, 0.25) is 0 Å². The number of aliphatic hydroxyl groups is 3. The Labute approximate surface area is 89.3 Å². The molecule has 0 amide bonds. The van der Waals surface area contributed by atoms with Gasteiger partial charge in [-0.25, -0.2) is 0 Å². The number of ether oxygens (including phenoxy) is 2. The molecule has 0 rings (SSSR count). The van der Waals surface area contributed by atoms with Crippen LogP contribution in [0, 0.1) is 5.92 Å². The zero-order valence-electron chi connectivity index (χ0n) is 8.58. The van der Waals surface area contributed by atoms with E-state index in [-0.39, 0.29) is 25.7 Å². The molecule has 0 aliphatic rings. The summed E-state index contributed by atoms with van der Waals surface area (Å²) >= 11 is 0. The van der Waals surface area contributed by atoms with E-state index in [0.29, 0.717) is 0 Å². The minimum Gasteiger partial charge on any atom is -0.396 e. The molecule has 0 aromatic rings. The molecule has 0 spiro atoms. The molecule has 0 saturated carbocycles. The fourth-order valence-electron chi connectivity index (χ4n) is 0.759. The molecule has 0 aromatic heterocycles. The Balaban J connectivity index is 3.72. The van der Waals surface area contributed by atoms with Crippen molar-refractivity contribution in [2.75, 3.05) is 19.8 Å². The van der Waals surface area contributed by atoms with E-state index in [1.54, 1.807) is 0 Å². The van der Waals surface area contributed by atoms with Crippen molar-refractivity contribution in [1.29, 1.82) is 0 Å². The fourth-order valence-corrected chi connectivity index (χ4v) is 0.759. The van der Waals surface area contributed by atoms with Gasteiger partial charge in [-0.3, -0.25) is 0 Å². The molecule has 0 saturated heterocycles. The summed E-state index contributed by atoms with van der Waals surface area (Å²) in [6.45, 7) is 6.74. The second-order valence-electron chi connectivity index (χ2n) is 2.97. The molecule has 0 bridgehead atoms. The highest BCUT2D eigenvalue weighted by molar-refractivity contribution is 4.72. The Bertz CT molecular complexity index is 165. The van der Waals surface area contributed by atoms with E-state index in [4.69, 9.17) is 24.8 Å². The molecule has 0 aliphatic heterocycles. The lowest BCUT2D eigenvalue weighted by Gasteiger charge is -2.17. The van der Waals surface area contributed by atoms with Crippen molar-refractivity contribution < 1.29 is 24.8 Å². The zero-order valence-corrected chi connectivity index (χ0v) is 8.58. The van der Waals surface area contributed by atoms with E-state index in [2.05, 4.69) is 13.2 Å². The van der Waals surface area contributed by atoms with Crippen molar-refractivity contribution in [3.8, 4) is 0 Å². The lowest BCUT2D eigenvalue weighted by Crippen LogP contribution is -2.25. The van der Waals surface area contributed by atoms with E-state index in [1.807, 2.05) is 0 Å². The quantitative estimate of drug-likeness (QED) is 0.364. The third-order valence-corrected chi connectivity index (χ3v) is 1.67. The van der Waals surface area contributed by atoms with Gasteiger partial charge in [-0.05, 0) is 12.2 Å². The summed E-state index contributed by atoms with van der Waals surface area (Å²) in [6, 6.07) is 0. The van der Waals surface area contributed by atoms with Crippen LogP contribution in [0.5, 0.6) is 0 Å². The number of hydrogen-bond acceptors (Lipinski definition) is 5. The second-order valence-corrected chi connectivity index (χ2v) is 2.97. The predicted molar refractivity (Wildman–Crippen MR) is 54.9 cm³/mol. The van der Waals surface area contributed by atoms with Gasteiger partial charge in [0.1, 0.15) is 0 Å². The van der Waals surface area contributed by atoms with E-state index >= 15 is 0 Å². The highest BCUT2D eigenvalue weighted by atomic mass is 16.6. The largest absolute Gasteiger partial charge is 0.396 e. The summed E-state index contributed by atoms with van der Waals surface area (Å²) in [6.07, 6.45) is 0.355. The third-order valence-electron chi connectivity index (χ3n) is 1.67. The summed E-state index contributed by atoms with van der Waals surface area (Å²) in [5.41, 5.74) is 0. The van der Waals surface area contributed by atoms with Crippen LogP contribution in [-0.4, -0.2) is 47.7 Å². The maximum Gasteiger partial charge on any atom is 0.173 e. The summed E-state index contributed by atoms with van der Waals surface area (Å²) in [5.74, 6) is -0.311. The lowest BCUT2D eigenvalue weighted by molar-refractivity contribution is -0.116. The molecule has 0 aliphatic carbocycles. The van der Waals surface area contributed by atoms with Crippen LogP contribution in [0.1, 0.15) is 0 Å². The van der Waals surface area contributed by atoms with Gasteiger partial charge in [0.25, 0.3) is 0 Å². The molecular formula is C10H18O5. The van der Waals surface area contributed by atoms with Crippen molar-refractivity contribution in [3.05, 3.63) is 25.3 Å². The molecular weight excluding hydrogens is 200 g/mol. The maximum atomic E-state index is 9.00. The van der Waals surface area contributed by atoms with Gasteiger partial charge in [0.15, 0.2) is 12.6 Å². The van der Waals surface area contributed by atoms with Crippen molar-refractivity contribution in [2.45, 2.75) is 12.6 Å². The van der Waals surface area contributed by atoms with Crippen molar-refractivity contribution in [2.24, 2.45) is 5.92 Å². The van der Waals surface area contributed by atoms with Crippen LogP contribution in [0.25, 0.3) is 0 Å². The molecule has 2 atom stereocenters. The topological polar surface area (TPSA) is 79.2 Å². The Morgan fingerprint density at radius 2 is 1.40 bits per heavy atom. The Morgan fingerprint density at radius 1 is 1.00 bits per heavy atom. The smallest absolute Gasteiger partial charge is 0.173 e. The number of aliphatic hydroxyl groups excluding tert-OH is 3. The van der Waals surface area contributed by atoms with Crippen LogP contribution in [0.2, 0.25) is 0 Å². The first-order valence-electron chi connectivity index (χ1n) is 4.59. The van der Waals surface area contributed by atoms with Gasteiger partial charge in [0.05, 0.1) is 19.8 Å². The molecule has 2 unspecified atom stereocenters. The SMILES string of the molecule is C=CC(O)OCC(CO)COC(O)C=C. The van der Waals surface area contributed by atoms with Gasteiger partial charge in [-0.1, -0.05) is 13.2 Å². The molecule has 0 heterocycles. The molecule has 0 aromatic carbocycles. The third kappa shape index (κ3) is 7.24. The highest BCUT2D eigenvalue weighted by Gasteiger charge is 2.11. The van der Waals surface area contributed by atoms with Crippen LogP contribution in [0.15, 0.2) is 25.3 Å². The van der Waals surface area contributed by atoms with Gasteiger partial charge in [0, 0.05) is 5.92 Å². The normalized spacial score (nSPS) is 16.7. The first-order chi connectivity index (χ1) is 7.13. The highest BCUT2D eigenvalue weighted by Crippen LogP contribution is 2.02. The Morgan fingerprint density at radius 3 is 1.67 bits per heavy atom. The molecule has 5 nitrogen and oxygen atoms in total. The maximum absolute atomic E-state index is 9.00. The molecule has 15 heavy (non-hydrogen) atoms. The number of rotatable bonds is 9. The summed E-state index contributed by atoms with van der Waals surface area (Å²) in [5, 5.41) is 26.9. The first kappa shape index (κ1) is 14.3. The lowest BCUT2D eigenvalue weighted by atomic mass is 10.2. The van der Waals surface area contributed by atoms with Crippen molar-refractivity contribution in [1.82, 2.24) is 0 Å². The van der Waals surface area contributed by atoms with E-state index in [9.17, 15) is 0 Å². The van der Waals surface area contributed by atoms with Gasteiger partial charge in [-0.2, -0.15) is 0 Å². The molecule has 88 valence electrons. The Kier molecular flexibility index (Phi) is 8.17. The molecule has 0 radical (unpaired) electrons.